The highest BCUT2D eigenvalue weighted by Gasteiger charge is 2.33. The first-order valence-electron chi connectivity index (χ1n) is 9.10. The average molecular weight is 358 g/mol. The lowest BCUT2D eigenvalue weighted by atomic mass is 9.75. The van der Waals surface area contributed by atoms with Crippen molar-refractivity contribution in [2.45, 2.75) is 26.7 Å². The lowest BCUT2D eigenvalue weighted by molar-refractivity contribution is 0.0910. The highest BCUT2D eigenvalue weighted by Crippen LogP contribution is 2.38. The molecule has 0 saturated heterocycles. The summed E-state index contributed by atoms with van der Waals surface area (Å²) in [5.74, 6) is 0.958. The van der Waals surface area contributed by atoms with Gasteiger partial charge in [-0.1, -0.05) is 19.9 Å². The van der Waals surface area contributed by atoms with Gasteiger partial charge in [-0.25, -0.2) is 0 Å². The molecule has 27 heavy (non-hydrogen) atoms. The smallest absolute Gasteiger partial charge is 0.165 e. The van der Waals surface area contributed by atoms with Gasteiger partial charge in [-0.2, -0.15) is 0 Å². The van der Waals surface area contributed by atoms with Gasteiger partial charge in [-0.05, 0) is 54.3 Å². The molecule has 1 aliphatic rings. The summed E-state index contributed by atoms with van der Waals surface area (Å²) >= 11 is 0. The molecule has 4 rings (SSSR count). The maximum atomic E-state index is 12.7. The molecule has 2 aromatic heterocycles. The van der Waals surface area contributed by atoms with Gasteiger partial charge in [0.1, 0.15) is 5.75 Å². The highest BCUT2D eigenvalue weighted by molar-refractivity contribution is 6.00. The van der Waals surface area contributed by atoms with E-state index < -0.39 is 0 Å². The average Bonchev–Trinajstić information content (AvgIpc) is 2.67. The zero-order valence-corrected chi connectivity index (χ0v) is 15.8. The fraction of sp³-hybridized carbons (Fsp3) is 0.261. The number of ketones is 1. The number of nitrogens with zero attached hydrogens (tertiary/aromatic N) is 2. The standard InChI is InChI=1S/C23H22N2O2/c1-23(2)13-20-17(21(26)14-23)12-18(19-6-4-5-11-24-19)22(25-20)15-7-9-16(27-3)10-8-15/h4-12H,13-14H2,1-3H3. The van der Waals surface area contributed by atoms with Gasteiger partial charge >= 0.3 is 0 Å². The Kier molecular flexibility index (Phi) is 4.27. The van der Waals surface area contributed by atoms with E-state index >= 15 is 0 Å². The van der Waals surface area contributed by atoms with Crippen LogP contribution in [0, 0.1) is 5.41 Å². The van der Waals surface area contributed by atoms with Gasteiger partial charge < -0.3 is 4.74 Å². The predicted molar refractivity (Wildman–Crippen MR) is 106 cm³/mol. The van der Waals surface area contributed by atoms with Crippen molar-refractivity contribution in [1.29, 1.82) is 0 Å². The molecule has 4 heteroatoms. The molecule has 1 aliphatic carbocycles. The molecule has 1 aromatic carbocycles. The molecule has 136 valence electrons. The molecule has 0 fully saturated rings. The van der Waals surface area contributed by atoms with Crippen molar-refractivity contribution in [2.24, 2.45) is 5.41 Å². The third-order valence-corrected chi connectivity index (χ3v) is 4.99. The molecule has 0 radical (unpaired) electrons. The Labute approximate surface area is 159 Å². The van der Waals surface area contributed by atoms with Crippen LogP contribution in [0.5, 0.6) is 5.75 Å². The molecule has 2 heterocycles. The van der Waals surface area contributed by atoms with E-state index in [0.29, 0.717) is 6.42 Å². The maximum absolute atomic E-state index is 12.7. The third-order valence-electron chi connectivity index (χ3n) is 4.99. The van der Waals surface area contributed by atoms with Gasteiger partial charge in [0.25, 0.3) is 0 Å². The predicted octanol–water partition coefficient (Wildman–Crippen LogP) is 4.97. The van der Waals surface area contributed by atoms with Gasteiger partial charge in [-0.3, -0.25) is 14.8 Å². The summed E-state index contributed by atoms with van der Waals surface area (Å²) in [6, 6.07) is 15.6. The largest absolute Gasteiger partial charge is 0.497 e. The Balaban J connectivity index is 1.93. The summed E-state index contributed by atoms with van der Waals surface area (Å²) in [6.07, 6.45) is 3.10. The van der Waals surface area contributed by atoms with Crippen molar-refractivity contribution in [2.75, 3.05) is 7.11 Å². The zero-order valence-electron chi connectivity index (χ0n) is 15.8. The molecule has 0 N–H and O–H groups in total. The van der Waals surface area contributed by atoms with E-state index in [1.807, 2.05) is 48.5 Å². The van der Waals surface area contributed by atoms with Crippen LogP contribution in [-0.2, 0) is 6.42 Å². The number of hydrogen-bond donors (Lipinski definition) is 0. The first-order chi connectivity index (χ1) is 13.0. The van der Waals surface area contributed by atoms with Crippen LogP contribution >= 0.6 is 0 Å². The molecular weight excluding hydrogens is 336 g/mol. The summed E-state index contributed by atoms with van der Waals surface area (Å²) < 4.78 is 5.27. The summed E-state index contributed by atoms with van der Waals surface area (Å²) in [4.78, 5) is 22.2. The van der Waals surface area contributed by atoms with E-state index in [1.165, 1.54) is 0 Å². The normalized spacial score (nSPS) is 15.3. The Bertz CT molecular complexity index is 993. The summed E-state index contributed by atoms with van der Waals surface area (Å²) in [7, 11) is 1.65. The van der Waals surface area contributed by atoms with Crippen LogP contribution in [0.4, 0.5) is 0 Å². The third kappa shape index (κ3) is 3.35. The van der Waals surface area contributed by atoms with Gasteiger partial charge in [-0.15, -0.1) is 0 Å². The number of methoxy groups -OCH3 is 1. The highest BCUT2D eigenvalue weighted by atomic mass is 16.5. The van der Waals surface area contributed by atoms with Crippen LogP contribution < -0.4 is 4.74 Å². The fourth-order valence-corrected chi connectivity index (χ4v) is 3.66. The van der Waals surface area contributed by atoms with Crippen molar-refractivity contribution >= 4 is 5.78 Å². The Morgan fingerprint density at radius 1 is 1.00 bits per heavy atom. The van der Waals surface area contributed by atoms with Crippen molar-refractivity contribution in [3.63, 3.8) is 0 Å². The van der Waals surface area contributed by atoms with Crippen molar-refractivity contribution in [1.82, 2.24) is 9.97 Å². The Morgan fingerprint density at radius 2 is 1.78 bits per heavy atom. The van der Waals surface area contributed by atoms with Gasteiger partial charge in [0.2, 0.25) is 0 Å². The van der Waals surface area contributed by atoms with Crippen LogP contribution in [-0.4, -0.2) is 22.9 Å². The molecule has 4 nitrogen and oxygen atoms in total. The molecule has 0 atom stereocenters. The van der Waals surface area contributed by atoms with Crippen LogP contribution in [0.1, 0.15) is 36.3 Å². The second-order valence-corrected chi connectivity index (χ2v) is 7.76. The van der Waals surface area contributed by atoms with Gasteiger partial charge in [0.15, 0.2) is 5.78 Å². The second-order valence-electron chi connectivity index (χ2n) is 7.76. The first-order valence-corrected chi connectivity index (χ1v) is 9.10. The number of carbonyl (C=O) groups is 1. The van der Waals surface area contributed by atoms with E-state index in [2.05, 4.69) is 18.8 Å². The monoisotopic (exact) mass is 358 g/mol. The van der Waals surface area contributed by atoms with Crippen LogP contribution in [0.2, 0.25) is 0 Å². The molecule has 0 saturated carbocycles. The number of Topliss-reactive ketones (excluding diaryl/α,β-unsaturated/α-hetero) is 1. The molecule has 0 aliphatic heterocycles. The number of aromatic nitrogens is 2. The molecular formula is C23H22N2O2. The number of pyridine rings is 2. The number of carbonyl (C=O) groups excluding carboxylic acids is 1. The summed E-state index contributed by atoms with van der Waals surface area (Å²) in [5, 5.41) is 0. The number of fused-ring (bicyclic) bond motifs is 1. The topological polar surface area (TPSA) is 52.1 Å². The van der Waals surface area contributed by atoms with Crippen LogP contribution in [0.25, 0.3) is 22.5 Å². The number of ether oxygens (including phenoxy) is 1. The van der Waals surface area contributed by atoms with E-state index in [-0.39, 0.29) is 11.2 Å². The van der Waals surface area contributed by atoms with Crippen LogP contribution in [0.15, 0.2) is 54.7 Å². The molecule has 0 amide bonds. The van der Waals surface area contributed by atoms with E-state index in [9.17, 15) is 4.79 Å². The minimum absolute atomic E-state index is 0.0687. The van der Waals surface area contributed by atoms with Crippen molar-refractivity contribution in [3.8, 4) is 28.3 Å². The second kappa shape index (κ2) is 6.62. The number of benzene rings is 1. The Hall–Kier alpha value is -3.01. The van der Waals surface area contributed by atoms with Crippen molar-refractivity contribution in [3.05, 3.63) is 66.0 Å². The van der Waals surface area contributed by atoms with Crippen LogP contribution in [0.3, 0.4) is 0 Å². The molecule has 0 spiro atoms. The number of rotatable bonds is 3. The molecule has 0 bridgehead atoms. The van der Waals surface area contributed by atoms with Gasteiger partial charge in [0, 0.05) is 29.3 Å². The zero-order chi connectivity index (χ0) is 19.0. The number of hydrogen-bond acceptors (Lipinski definition) is 4. The minimum Gasteiger partial charge on any atom is -0.497 e. The van der Waals surface area contributed by atoms with E-state index in [1.54, 1.807) is 13.3 Å². The molecule has 0 unspecified atom stereocenters. The Morgan fingerprint density at radius 3 is 2.44 bits per heavy atom. The first kappa shape index (κ1) is 17.4. The maximum Gasteiger partial charge on any atom is 0.165 e. The quantitative estimate of drug-likeness (QED) is 0.663. The molecule has 3 aromatic rings. The van der Waals surface area contributed by atoms with E-state index in [0.717, 1.165) is 45.9 Å². The van der Waals surface area contributed by atoms with Gasteiger partial charge in [0.05, 0.1) is 24.2 Å². The fourth-order valence-electron chi connectivity index (χ4n) is 3.66. The summed E-state index contributed by atoms with van der Waals surface area (Å²) in [5.41, 5.74) is 5.06. The minimum atomic E-state index is -0.0687. The van der Waals surface area contributed by atoms with Crippen molar-refractivity contribution < 1.29 is 9.53 Å². The summed E-state index contributed by atoms with van der Waals surface area (Å²) in [6.45, 7) is 4.24. The lowest BCUT2D eigenvalue weighted by Gasteiger charge is -2.30. The van der Waals surface area contributed by atoms with E-state index in [4.69, 9.17) is 9.72 Å². The lowest BCUT2D eigenvalue weighted by Crippen LogP contribution is -2.28. The SMILES string of the molecule is COc1ccc(-c2nc3c(cc2-c2ccccn2)C(=O)CC(C)(C)C3)cc1.